The second kappa shape index (κ2) is 6.34. The number of carbonyl (C=O) groups is 1. The van der Waals surface area contributed by atoms with E-state index in [1.54, 1.807) is 0 Å². The van der Waals surface area contributed by atoms with Gasteiger partial charge in [-0.05, 0) is 31.0 Å². The van der Waals surface area contributed by atoms with Crippen molar-refractivity contribution in [2.75, 3.05) is 6.54 Å². The van der Waals surface area contributed by atoms with Crippen molar-refractivity contribution in [3.8, 4) is 6.07 Å². The molecule has 0 heterocycles. The maximum absolute atomic E-state index is 13.4. The van der Waals surface area contributed by atoms with Crippen LogP contribution in [0.4, 0.5) is 17.6 Å². The van der Waals surface area contributed by atoms with E-state index in [-0.39, 0.29) is 18.2 Å². The number of amides is 1. The molecule has 0 bridgehead atoms. The summed E-state index contributed by atoms with van der Waals surface area (Å²) in [6.07, 6.45) is -1.53. The van der Waals surface area contributed by atoms with E-state index in [9.17, 15) is 22.4 Å². The molecule has 0 spiro atoms. The van der Waals surface area contributed by atoms with Crippen LogP contribution in [0, 0.1) is 17.1 Å². The van der Waals surface area contributed by atoms with Crippen molar-refractivity contribution in [2.45, 2.75) is 37.9 Å². The SMILES string of the molecule is N#CCN(C(=O)c1cc(F)cc(C(F)(F)F)c1)C1CCCC1. The van der Waals surface area contributed by atoms with E-state index in [1.165, 1.54) is 4.90 Å². The van der Waals surface area contributed by atoms with E-state index in [4.69, 9.17) is 5.26 Å². The quantitative estimate of drug-likeness (QED) is 0.630. The summed E-state index contributed by atoms with van der Waals surface area (Å²) >= 11 is 0. The zero-order valence-corrected chi connectivity index (χ0v) is 11.7. The topological polar surface area (TPSA) is 44.1 Å². The number of hydrogen-bond donors (Lipinski definition) is 0. The normalized spacial score (nSPS) is 15.6. The molecule has 2 rings (SSSR count). The van der Waals surface area contributed by atoms with Crippen molar-refractivity contribution < 1.29 is 22.4 Å². The monoisotopic (exact) mass is 314 g/mol. The van der Waals surface area contributed by atoms with Crippen molar-refractivity contribution in [2.24, 2.45) is 0 Å². The van der Waals surface area contributed by atoms with Crippen LogP contribution >= 0.6 is 0 Å². The molecular weight excluding hydrogens is 300 g/mol. The third-order valence-electron chi connectivity index (χ3n) is 3.74. The molecule has 3 nitrogen and oxygen atoms in total. The molecule has 0 N–H and O–H groups in total. The highest BCUT2D eigenvalue weighted by atomic mass is 19.4. The molecule has 0 atom stereocenters. The number of alkyl halides is 3. The van der Waals surface area contributed by atoms with Gasteiger partial charge in [0.05, 0.1) is 11.6 Å². The molecule has 1 aromatic rings. The lowest BCUT2D eigenvalue weighted by Crippen LogP contribution is -2.39. The Bertz CT molecular complexity index is 601. The van der Waals surface area contributed by atoms with Crippen LogP contribution in [0.5, 0.6) is 0 Å². The van der Waals surface area contributed by atoms with E-state index in [2.05, 4.69) is 0 Å². The molecular formula is C15H14F4N2O. The van der Waals surface area contributed by atoms with Crippen LogP contribution in [0.1, 0.15) is 41.6 Å². The van der Waals surface area contributed by atoms with E-state index in [1.807, 2.05) is 6.07 Å². The Balaban J connectivity index is 2.34. The fraction of sp³-hybridized carbons (Fsp3) is 0.467. The summed E-state index contributed by atoms with van der Waals surface area (Å²) in [7, 11) is 0. The predicted octanol–water partition coefficient (Wildman–Crippen LogP) is 3.75. The minimum Gasteiger partial charge on any atom is -0.322 e. The maximum atomic E-state index is 13.4. The Labute approximate surface area is 125 Å². The molecule has 0 aliphatic heterocycles. The van der Waals surface area contributed by atoms with Crippen molar-refractivity contribution in [3.05, 3.63) is 35.1 Å². The van der Waals surface area contributed by atoms with Gasteiger partial charge < -0.3 is 4.90 Å². The van der Waals surface area contributed by atoms with E-state index < -0.39 is 23.5 Å². The smallest absolute Gasteiger partial charge is 0.322 e. The molecule has 1 amide bonds. The first kappa shape index (κ1) is 16.3. The highest BCUT2D eigenvalue weighted by molar-refractivity contribution is 5.94. The zero-order chi connectivity index (χ0) is 16.3. The van der Waals surface area contributed by atoms with Gasteiger partial charge in [0.25, 0.3) is 5.91 Å². The lowest BCUT2D eigenvalue weighted by atomic mass is 10.1. The molecule has 7 heteroatoms. The Morgan fingerprint density at radius 2 is 1.91 bits per heavy atom. The van der Waals surface area contributed by atoms with Crippen molar-refractivity contribution >= 4 is 5.91 Å². The van der Waals surface area contributed by atoms with Gasteiger partial charge in [-0.1, -0.05) is 12.8 Å². The van der Waals surface area contributed by atoms with Gasteiger partial charge >= 0.3 is 6.18 Å². The third kappa shape index (κ3) is 3.56. The van der Waals surface area contributed by atoms with Crippen LogP contribution in [0.2, 0.25) is 0 Å². The second-order valence-electron chi connectivity index (χ2n) is 5.26. The molecule has 1 fully saturated rings. The van der Waals surface area contributed by atoms with Crippen LogP contribution < -0.4 is 0 Å². The van der Waals surface area contributed by atoms with Gasteiger partial charge in [-0.2, -0.15) is 18.4 Å². The summed E-state index contributed by atoms with van der Waals surface area (Å²) in [5, 5.41) is 8.83. The Hall–Kier alpha value is -2.10. The molecule has 0 aromatic heterocycles. The Kier molecular flexibility index (Phi) is 4.69. The lowest BCUT2D eigenvalue weighted by molar-refractivity contribution is -0.137. The average molecular weight is 314 g/mol. The van der Waals surface area contributed by atoms with Gasteiger partial charge in [0.15, 0.2) is 0 Å². The fourth-order valence-electron chi connectivity index (χ4n) is 2.70. The lowest BCUT2D eigenvalue weighted by Gasteiger charge is -2.26. The minimum atomic E-state index is -4.73. The van der Waals surface area contributed by atoms with Crippen molar-refractivity contribution in [1.82, 2.24) is 4.90 Å². The number of halogens is 4. The summed E-state index contributed by atoms with van der Waals surface area (Å²) < 4.78 is 51.6. The molecule has 1 aromatic carbocycles. The molecule has 1 saturated carbocycles. The van der Waals surface area contributed by atoms with Crippen LogP contribution in [0.15, 0.2) is 18.2 Å². The molecule has 0 unspecified atom stereocenters. The van der Waals surface area contributed by atoms with Crippen molar-refractivity contribution in [3.63, 3.8) is 0 Å². The Morgan fingerprint density at radius 3 is 2.45 bits per heavy atom. The van der Waals surface area contributed by atoms with E-state index in [0.29, 0.717) is 25.0 Å². The zero-order valence-electron chi connectivity index (χ0n) is 11.7. The van der Waals surface area contributed by atoms with Gasteiger partial charge in [-0.25, -0.2) is 4.39 Å². The minimum absolute atomic E-state index is 0.176. The standard InChI is InChI=1S/C15H14F4N2O/c16-12-8-10(7-11(9-12)15(17,18)19)14(22)21(6-5-20)13-3-1-2-4-13/h7-9,13H,1-4,6H2. The molecule has 118 valence electrons. The third-order valence-corrected chi connectivity index (χ3v) is 3.74. The van der Waals surface area contributed by atoms with Gasteiger partial charge in [-0.3, -0.25) is 4.79 Å². The Morgan fingerprint density at radius 1 is 1.27 bits per heavy atom. The summed E-state index contributed by atoms with van der Waals surface area (Å²) in [5.74, 6) is -1.86. The summed E-state index contributed by atoms with van der Waals surface area (Å²) in [4.78, 5) is 13.6. The van der Waals surface area contributed by atoms with E-state index in [0.717, 1.165) is 18.9 Å². The first-order valence-electron chi connectivity index (χ1n) is 6.88. The van der Waals surface area contributed by atoms with Gasteiger partial charge in [-0.15, -0.1) is 0 Å². The van der Waals surface area contributed by atoms with E-state index >= 15 is 0 Å². The second-order valence-corrected chi connectivity index (χ2v) is 5.26. The largest absolute Gasteiger partial charge is 0.416 e. The highest BCUT2D eigenvalue weighted by Gasteiger charge is 2.33. The number of hydrogen-bond acceptors (Lipinski definition) is 2. The van der Waals surface area contributed by atoms with Crippen LogP contribution in [-0.4, -0.2) is 23.4 Å². The summed E-state index contributed by atoms with van der Waals surface area (Å²) in [6, 6.07) is 3.42. The highest BCUT2D eigenvalue weighted by Crippen LogP contribution is 2.31. The number of benzene rings is 1. The van der Waals surface area contributed by atoms with Gasteiger partial charge in [0, 0.05) is 11.6 Å². The van der Waals surface area contributed by atoms with Crippen LogP contribution in [-0.2, 0) is 6.18 Å². The predicted molar refractivity (Wildman–Crippen MR) is 70.3 cm³/mol. The van der Waals surface area contributed by atoms with Gasteiger partial charge in [0.2, 0.25) is 0 Å². The molecule has 1 aliphatic carbocycles. The molecule has 22 heavy (non-hydrogen) atoms. The molecule has 0 radical (unpaired) electrons. The number of rotatable bonds is 3. The number of nitrogens with zero attached hydrogens (tertiary/aromatic N) is 2. The molecule has 0 saturated heterocycles. The summed E-state index contributed by atoms with van der Waals surface area (Å²) in [5.41, 5.74) is -1.59. The van der Waals surface area contributed by atoms with Crippen LogP contribution in [0.3, 0.4) is 0 Å². The average Bonchev–Trinajstić information content (AvgIpc) is 2.96. The fourth-order valence-corrected chi connectivity index (χ4v) is 2.70. The van der Waals surface area contributed by atoms with Gasteiger partial charge in [0.1, 0.15) is 12.4 Å². The maximum Gasteiger partial charge on any atom is 0.416 e. The first-order chi connectivity index (χ1) is 10.3. The van der Waals surface area contributed by atoms with Crippen molar-refractivity contribution in [1.29, 1.82) is 5.26 Å². The number of carbonyl (C=O) groups excluding carboxylic acids is 1. The first-order valence-corrected chi connectivity index (χ1v) is 6.88. The number of nitriles is 1. The summed E-state index contributed by atoms with van der Waals surface area (Å²) in [6.45, 7) is -0.221. The van der Waals surface area contributed by atoms with Crippen LogP contribution in [0.25, 0.3) is 0 Å². The molecule has 1 aliphatic rings.